The first-order chi connectivity index (χ1) is 13.8. The molecule has 0 saturated heterocycles. The molecular weight excluding hydrogens is 340 g/mol. The van der Waals surface area contributed by atoms with Crippen LogP contribution in [0.3, 0.4) is 0 Å². The van der Waals surface area contributed by atoms with Crippen LogP contribution in [0.4, 0.5) is 11.4 Å². The van der Waals surface area contributed by atoms with Gasteiger partial charge in [-0.15, -0.1) is 0 Å². The molecule has 1 aliphatic heterocycles. The molecule has 4 aromatic rings. The maximum Gasteiger partial charge on any atom is 0.0911 e. The zero-order valence-corrected chi connectivity index (χ0v) is 16.2. The number of rotatable bonds is 4. The highest BCUT2D eigenvalue weighted by atomic mass is 15.4. The van der Waals surface area contributed by atoms with E-state index in [2.05, 4.69) is 108 Å². The van der Waals surface area contributed by atoms with Gasteiger partial charge in [0.1, 0.15) is 0 Å². The van der Waals surface area contributed by atoms with Crippen LogP contribution in [0.15, 0.2) is 91.0 Å². The Bertz CT molecular complexity index is 1110. The number of benzene rings is 4. The lowest BCUT2D eigenvalue weighted by molar-refractivity contribution is 0.765. The summed E-state index contributed by atoms with van der Waals surface area (Å²) in [5.74, 6) is 0. The molecule has 28 heavy (non-hydrogen) atoms. The van der Waals surface area contributed by atoms with Crippen LogP contribution < -0.4 is 9.80 Å². The second-order valence-electron chi connectivity index (χ2n) is 7.65. The lowest BCUT2D eigenvalue weighted by Gasteiger charge is -2.22. The van der Waals surface area contributed by atoms with Crippen LogP contribution in [-0.4, -0.2) is 6.67 Å². The van der Waals surface area contributed by atoms with E-state index in [1.807, 2.05) is 0 Å². The second-order valence-corrected chi connectivity index (χ2v) is 7.65. The fourth-order valence-electron chi connectivity index (χ4n) is 4.18. The molecular formula is C26H24N2. The van der Waals surface area contributed by atoms with Gasteiger partial charge >= 0.3 is 0 Å². The third-order valence-corrected chi connectivity index (χ3v) is 5.64. The molecule has 0 radical (unpaired) electrons. The molecule has 2 heteroatoms. The number of hydrogen-bond donors (Lipinski definition) is 0. The van der Waals surface area contributed by atoms with Gasteiger partial charge in [-0.2, -0.15) is 0 Å². The molecule has 0 saturated carbocycles. The standard InChI is InChI=1S/C26H24N2/c1-20-13-15-21(16-14-20)17-27-19-28(26-12-5-4-11-25(26)27)18-23-9-6-8-22-7-2-3-10-24(22)23/h2-16H,17-19H2,1H3. The van der Waals surface area contributed by atoms with Crippen molar-refractivity contribution in [1.82, 2.24) is 0 Å². The minimum atomic E-state index is 0.913. The van der Waals surface area contributed by atoms with Crippen molar-refractivity contribution in [2.24, 2.45) is 0 Å². The summed E-state index contributed by atoms with van der Waals surface area (Å²) >= 11 is 0. The van der Waals surface area contributed by atoms with Crippen molar-refractivity contribution in [2.75, 3.05) is 16.5 Å². The average Bonchev–Trinajstić information content (AvgIpc) is 3.07. The number of para-hydroxylation sites is 2. The first kappa shape index (κ1) is 16.9. The maximum atomic E-state index is 2.49. The number of anilines is 2. The van der Waals surface area contributed by atoms with E-state index in [4.69, 9.17) is 0 Å². The number of fused-ring (bicyclic) bond motifs is 2. The zero-order chi connectivity index (χ0) is 18.9. The smallest absolute Gasteiger partial charge is 0.0911 e. The summed E-state index contributed by atoms with van der Waals surface area (Å²) in [6.45, 7) is 4.91. The van der Waals surface area contributed by atoms with Gasteiger partial charge in [-0.25, -0.2) is 0 Å². The van der Waals surface area contributed by atoms with E-state index in [0.717, 1.165) is 19.8 Å². The maximum absolute atomic E-state index is 2.49. The van der Waals surface area contributed by atoms with E-state index in [1.165, 1.54) is 38.8 Å². The number of hydrogen-bond acceptors (Lipinski definition) is 2. The molecule has 1 aliphatic rings. The Labute approximate surface area is 166 Å². The Balaban J connectivity index is 1.45. The third kappa shape index (κ3) is 3.11. The molecule has 138 valence electrons. The molecule has 0 aromatic heterocycles. The Morgan fingerprint density at radius 2 is 1.29 bits per heavy atom. The van der Waals surface area contributed by atoms with Gasteiger partial charge in [0.05, 0.1) is 18.0 Å². The highest BCUT2D eigenvalue weighted by molar-refractivity contribution is 5.86. The molecule has 2 nitrogen and oxygen atoms in total. The minimum absolute atomic E-state index is 0.913. The molecule has 1 heterocycles. The predicted molar refractivity (Wildman–Crippen MR) is 119 cm³/mol. The summed E-state index contributed by atoms with van der Waals surface area (Å²) in [5, 5.41) is 2.66. The van der Waals surface area contributed by atoms with Crippen LogP contribution in [0.5, 0.6) is 0 Å². The molecule has 0 aliphatic carbocycles. The Morgan fingerprint density at radius 3 is 2.07 bits per heavy atom. The number of aryl methyl sites for hydroxylation is 1. The normalized spacial score (nSPS) is 13.2. The Morgan fingerprint density at radius 1 is 0.643 bits per heavy atom. The van der Waals surface area contributed by atoms with E-state index in [0.29, 0.717) is 0 Å². The highest BCUT2D eigenvalue weighted by Crippen LogP contribution is 2.38. The van der Waals surface area contributed by atoms with Gasteiger partial charge in [-0.3, -0.25) is 0 Å². The fourth-order valence-corrected chi connectivity index (χ4v) is 4.18. The molecule has 0 N–H and O–H groups in total. The molecule has 0 fully saturated rings. The van der Waals surface area contributed by atoms with Gasteiger partial charge in [0.25, 0.3) is 0 Å². The molecule has 4 aromatic carbocycles. The second kappa shape index (κ2) is 7.05. The van der Waals surface area contributed by atoms with Crippen molar-refractivity contribution in [2.45, 2.75) is 20.0 Å². The van der Waals surface area contributed by atoms with Crippen molar-refractivity contribution in [1.29, 1.82) is 0 Å². The highest BCUT2D eigenvalue weighted by Gasteiger charge is 2.25. The van der Waals surface area contributed by atoms with E-state index >= 15 is 0 Å². The van der Waals surface area contributed by atoms with Crippen molar-refractivity contribution in [3.63, 3.8) is 0 Å². The van der Waals surface area contributed by atoms with E-state index in [9.17, 15) is 0 Å². The summed E-state index contributed by atoms with van der Waals surface area (Å²) in [5.41, 5.74) is 6.69. The van der Waals surface area contributed by atoms with Crippen LogP contribution in [0.1, 0.15) is 16.7 Å². The van der Waals surface area contributed by atoms with Crippen molar-refractivity contribution < 1.29 is 0 Å². The molecule has 0 amide bonds. The molecule has 0 spiro atoms. The predicted octanol–water partition coefficient (Wildman–Crippen LogP) is 6.13. The van der Waals surface area contributed by atoms with Crippen molar-refractivity contribution >= 4 is 22.1 Å². The van der Waals surface area contributed by atoms with Gasteiger partial charge in [-0.05, 0) is 41.0 Å². The first-order valence-electron chi connectivity index (χ1n) is 9.89. The third-order valence-electron chi connectivity index (χ3n) is 5.64. The van der Waals surface area contributed by atoms with Crippen molar-refractivity contribution in [3.05, 3.63) is 108 Å². The number of nitrogens with zero attached hydrogens (tertiary/aromatic N) is 2. The van der Waals surface area contributed by atoms with Gasteiger partial charge < -0.3 is 9.80 Å². The minimum Gasteiger partial charge on any atom is -0.348 e. The van der Waals surface area contributed by atoms with E-state index in [-0.39, 0.29) is 0 Å². The van der Waals surface area contributed by atoms with Crippen LogP contribution in [0, 0.1) is 6.92 Å². The Kier molecular flexibility index (Phi) is 4.25. The fraction of sp³-hybridized carbons (Fsp3) is 0.154. The average molecular weight is 364 g/mol. The van der Waals surface area contributed by atoms with Crippen LogP contribution in [-0.2, 0) is 13.1 Å². The summed E-state index contributed by atoms with van der Waals surface area (Å²) in [6, 6.07) is 32.9. The summed E-state index contributed by atoms with van der Waals surface area (Å²) in [6.07, 6.45) is 0. The summed E-state index contributed by atoms with van der Waals surface area (Å²) in [4.78, 5) is 4.97. The van der Waals surface area contributed by atoms with Gasteiger partial charge in [0, 0.05) is 13.1 Å². The van der Waals surface area contributed by atoms with Crippen molar-refractivity contribution in [3.8, 4) is 0 Å². The summed E-state index contributed by atoms with van der Waals surface area (Å²) < 4.78 is 0. The SMILES string of the molecule is Cc1ccc(CN2CN(Cc3cccc4ccccc34)c3ccccc32)cc1. The molecule has 0 unspecified atom stereocenters. The quantitative estimate of drug-likeness (QED) is 0.430. The lowest BCUT2D eigenvalue weighted by atomic mass is 10.0. The molecule has 0 atom stereocenters. The topological polar surface area (TPSA) is 6.48 Å². The molecule has 0 bridgehead atoms. The van der Waals surface area contributed by atoms with Crippen LogP contribution in [0.25, 0.3) is 10.8 Å². The van der Waals surface area contributed by atoms with Crippen LogP contribution in [0.2, 0.25) is 0 Å². The van der Waals surface area contributed by atoms with Gasteiger partial charge in [0.15, 0.2) is 0 Å². The van der Waals surface area contributed by atoms with E-state index < -0.39 is 0 Å². The van der Waals surface area contributed by atoms with E-state index in [1.54, 1.807) is 0 Å². The van der Waals surface area contributed by atoms with Crippen LogP contribution >= 0.6 is 0 Å². The monoisotopic (exact) mass is 364 g/mol. The zero-order valence-electron chi connectivity index (χ0n) is 16.2. The first-order valence-corrected chi connectivity index (χ1v) is 9.89. The lowest BCUT2D eigenvalue weighted by Crippen LogP contribution is -2.30. The largest absolute Gasteiger partial charge is 0.348 e. The molecule has 5 rings (SSSR count). The Hall–Kier alpha value is -3.26. The van der Waals surface area contributed by atoms with Gasteiger partial charge in [-0.1, -0.05) is 84.4 Å². The van der Waals surface area contributed by atoms with Gasteiger partial charge in [0.2, 0.25) is 0 Å². The summed E-state index contributed by atoms with van der Waals surface area (Å²) in [7, 11) is 0.